The first-order chi connectivity index (χ1) is 48.4. The average molecular weight is 1500 g/mol. The minimum Gasteiger partial charge on any atom is -0.479 e. The molecule has 10 atom stereocenters. The number of amides is 9. The number of hydrogen-bond acceptors (Lipinski definition) is 20. The van der Waals surface area contributed by atoms with Crippen LogP contribution in [0.15, 0.2) is 60.7 Å². The molecule has 0 bridgehead atoms. The quantitative estimate of drug-likeness (QED) is 0.134. The Hall–Kier alpha value is -8.54. The third kappa shape index (κ3) is 19.9. The Bertz CT molecular complexity index is 3940. The molecule has 4 saturated carbocycles. The molecule has 8 N–H and O–H groups in total. The van der Waals surface area contributed by atoms with E-state index in [0.717, 1.165) is 12.8 Å². The summed E-state index contributed by atoms with van der Waals surface area (Å²) in [6, 6.07) is 4.48. The van der Waals surface area contributed by atoms with Gasteiger partial charge in [0.15, 0.2) is 0 Å². The third-order valence-electron chi connectivity index (χ3n) is 19.0. The Balaban J connectivity index is 0.000000219. The van der Waals surface area contributed by atoms with Crippen molar-refractivity contribution in [2.24, 2.45) is 17.0 Å². The number of rotatable bonds is 9. The number of primary sulfonamides is 1. The summed E-state index contributed by atoms with van der Waals surface area (Å²) in [4.78, 5) is 139. The van der Waals surface area contributed by atoms with E-state index in [9.17, 15) is 78.7 Å². The minimum absolute atomic E-state index is 0. The number of aliphatic carboxylic acids is 1. The summed E-state index contributed by atoms with van der Waals surface area (Å²) in [5.74, 6) is -6.70. The van der Waals surface area contributed by atoms with E-state index in [1.165, 1.54) is 31.7 Å². The first-order valence-corrected chi connectivity index (χ1v) is 37.6. The van der Waals surface area contributed by atoms with Gasteiger partial charge < -0.3 is 64.6 Å². The second kappa shape index (κ2) is 32.0. The number of alkyl carbamates (subject to hydrolysis) is 2. The molecule has 0 unspecified atom stereocenters. The number of carbonyl (C=O) groups excluding carboxylic acids is 9. The third-order valence-corrected chi connectivity index (χ3v) is 22.2. The van der Waals surface area contributed by atoms with E-state index in [0.29, 0.717) is 47.9 Å². The first-order valence-electron chi connectivity index (χ1n) is 34.4. The maximum absolute atomic E-state index is 14.4. The van der Waals surface area contributed by atoms with Crippen LogP contribution in [0.3, 0.4) is 0 Å². The number of ether oxygens (including phenoxy) is 6. The molecule has 6 fully saturated rings. The van der Waals surface area contributed by atoms with Crippen LogP contribution < -0.4 is 31.1 Å². The zero-order valence-corrected chi connectivity index (χ0v) is 59.8. The van der Waals surface area contributed by atoms with Crippen molar-refractivity contribution in [2.75, 3.05) is 39.5 Å². The molecule has 0 radical (unpaired) electrons. The predicted molar refractivity (Wildman–Crippen MR) is 365 cm³/mol. The normalized spacial score (nSPS) is 28.4. The molecule has 10 aliphatic rings. The molecule has 2 aromatic carbocycles. The number of nitrogens with two attached hydrogens (primary N) is 1. The fourth-order valence-electron chi connectivity index (χ4n) is 13.2. The number of benzene rings is 2. The lowest BCUT2D eigenvalue weighted by molar-refractivity contribution is -0.145. The molecule has 0 aromatic heterocycles. The minimum atomic E-state index is -3.94. The molecule has 31 nitrogen and oxygen atoms in total. The monoisotopic (exact) mass is 1500 g/mol. The van der Waals surface area contributed by atoms with Crippen LogP contribution in [0.1, 0.15) is 148 Å². The summed E-state index contributed by atoms with van der Waals surface area (Å²) in [5.41, 5.74) is -2.78. The van der Waals surface area contributed by atoms with Gasteiger partial charge in [0.2, 0.25) is 43.7 Å². The van der Waals surface area contributed by atoms with E-state index in [2.05, 4.69) is 26.0 Å². The second-order valence-corrected chi connectivity index (χ2v) is 33.3. The van der Waals surface area contributed by atoms with E-state index in [4.69, 9.17) is 33.6 Å². The number of hydrogen-bond donors (Lipinski definition) is 7. The van der Waals surface area contributed by atoms with Crippen molar-refractivity contribution in [3.05, 3.63) is 94.6 Å². The SMILES string of the molecule is C.CC(C)(C)OC(=O)N[C@H]1CCCOC/C=C\[C@@H]2C[C@@]2(C(=O)NS(=O)(=O)C2CC2)NC(=O)[C@@H]2C[C@@H](OC(=O)N3Cc4cccc(F)c4C3)CN2C1=O.CC(C)(C)OC(=O)N[C@H]1CCCOC/C=C\[C@@H]2C[C@@]2(C(=O)O)NC(=O)[C@@H]2C[C@@H](OC(=O)N3Cc4cccc(F)c4C3)CN2C1=O.NS(=O)(=O)C1CC1. The molecular formula is C69H94F2N10O21S2. The van der Waals surface area contributed by atoms with E-state index in [1.54, 1.807) is 90.1 Å². The van der Waals surface area contributed by atoms with Crippen molar-refractivity contribution in [1.82, 2.24) is 45.6 Å². The standard InChI is InChI=1S/C34H44FN5O10S.C31H39FN4O9.C3H7NO2S.CH4/c1-33(2,3)50-31(44)36-26-10-6-14-48-13-5-8-21-16-34(21,30(43)38-51(46,47)23-11-12-23)37-28(41)27-15-22(18-40(27)29(26)42)49-32(45)39-17-20-7-4-9-25(35)24(20)19-39;1-30(2,3)45-28(41)33-23-10-6-12-43-11-5-8-19-14-31(19,27(39)40)34-25(37)24-13-20(16-36(24)26(23)38)44-29(42)35-15-18-7-4-9-22(32)21(18)17-35;4-7(5,6)3-1-2-3;/h4-5,7-9,21-23,26-27H,6,10-19H2,1-3H3,(H,36,44)(H,37,41)(H,38,43);4-5,7-9,19-20,23-24H,6,10-17H2,1-3H3,(H,33,41)(H,34,37)(H,39,40);3H,1-2H2,(H2,4,5,6);1H4/b2*8-5-;;/t21-,22-,26+,27+,34-;19-,20-,23+,24+,31-;;/m11../s1. The van der Waals surface area contributed by atoms with Crippen LogP contribution in [0, 0.1) is 23.5 Å². The van der Waals surface area contributed by atoms with Gasteiger partial charge in [-0.3, -0.25) is 38.5 Å². The Morgan fingerprint density at radius 1 is 0.615 bits per heavy atom. The fraction of sp³-hybridized carbons (Fsp3) is 0.623. The van der Waals surface area contributed by atoms with Gasteiger partial charge >= 0.3 is 30.3 Å². The molecule has 2 saturated heterocycles. The van der Waals surface area contributed by atoms with Crippen LogP contribution >= 0.6 is 0 Å². The average Bonchev–Trinajstić information content (AvgIpc) is 1.58. The highest BCUT2D eigenvalue weighted by Crippen LogP contribution is 2.47. The van der Waals surface area contributed by atoms with Crippen molar-refractivity contribution < 1.29 is 107 Å². The Morgan fingerprint density at radius 3 is 1.41 bits per heavy atom. The van der Waals surface area contributed by atoms with Crippen molar-refractivity contribution in [3.8, 4) is 0 Å². The predicted octanol–water partition coefficient (Wildman–Crippen LogP) is 4.53. The van der Waals surface area contributed by atoms with Gasteiger partial charge in [-0.05, 0) is 129 Å². The molecule has 0 spiro atoms. The van der Waals surface area contributed by atoms with Crippen LogP contribution in [-0.2, 0) is 103 Å². The smallest absolute Gasteiger partial charge is 0.410 e. The summed E-state index contributed by atoms with van der Waals surface area (Å²) in [6.45, 7) is 10.8. The summed E-state index contributed by atoms with van der Waals surface area (Å²) in [5, 5.41) is 24.4. The molecule has 35 heteroatoms. The van der Waals surface area contributed by atoms with Crippen LogP contribution in [0.25, 0.3) is 0 Å². The van der Waals surface area contributed by atoms with Gasteiger partial charge in [0.1, 0.15) is 70.3 Å². The number of fused-ring (bicyclic) bond motifs is 6. The van der Waals surface area contributed by atoms with Crippen molar-refractivity contribution >= 4 is 79.9 Å². The number of carboxylic acid groups (broad SMARTS) is 1. The van der Waals surface area contributed by atoms with Gasteiger partial charge in [-0.1, -0.05) is 56.0 Å². The molecule has 572 valence electrons. The maximum atomic E-state index is 14.4. The first kappa shape index (κ1) is 79.6. The van der Waals surface area contributed by atoms with E-state index in [-0.39, 0.29) is 117 Å². The van der Waals surface area contributed by atoms with Gasteiger partial charge in [-0.2, -0.15) is 0 Å². The lowest BCUT2D eigenvalue weighted by Gasteiger charge is -2.30. The molecule has 4 aliphatic carbocycles. The van der Waals surface area contributed by atoms with E-state index in [1.807, 2.05) is 0 Å². The van der Waals surface area contributed by atoms with Gasteiger partial charge in [0.05, 0.1) is 49.9 Å². The highest BCUT2D eigenvalue weighted by atomic mass is 32.2. The maximum Gasteiger partial charge on any atom is 0.410 e. The van der Waals surface area contributed by atoms with Crippen molar-refractivity contribution in [2.45, 2.75) is 221 Å². The molecule has 9 amide bonds. The Labute approximate surface area is 602 Å². The molecule has 12 rings (SSSR count). The molecule has 6 heterocycles. The second-order valence-electron chi connectivity index (χ2n) is 29.5. The van der Waals surface area contributed by atoms with Crippen LogP contribution in [0.2, 0.25) is 0 Å². The number of halogens is 2. The molecule has 2 aromatic rings. The van der Waals surface area contributed by atoms with Gasteiger partial charge in [0, 0.05) is 62.1 Å². The summed E-state index contributed by atoms with van der Waals surface area (Å²) < 4.78 is 110. The van der Waals surface area contributed by atoms with E-state index < -0.39 is 167 Å². The number of carbonyl (C=O) groups is 10. The number of sulfonamides is 2. The fourth-order valence-corrected chi connectivity index (χ4v) is 15.3. The topological polar surface area (TPSA) is 414 Å². The van der Waals surface area contributed by atoms with Gasteiger partial charge in [-0.15, -0.1) is 0 Å². The van der Waals surface area contributed by atoms with Gasteiger partial charge in [0.25, 0.3) is 5.91 Å². The molecule has 104 heavy (non-hydrogen) atoms. The largest absolute Gasteiger partial charge is 0.479 e. The van der Waals surface area contributed by atoms with E-state index >= 15 is 0 Å². The van der Waals surface area contributed by atoms with Crippen molar-refractivity contribution in [1.29, 1.82) is 0 Å². The molecule has 6 aliphatic heterocycles. The van der Waals surface area contributed by atoms with Gasteiger partial charge in [-0.25, -0.2) is 54.7 Å². The number of nitrogens with zero attached hydrogens (tertiary/aromatic N) is 4. The summed E-state index contributed by atoms with van der Waals surface area (Å²) >= 11 is 0. The lowest BCUT2D eigenvalue weighted by atomic mass is 10.1. The van der Waals surface area contributed by atoms with Crippen LogP contribution in [0.5, 0.6) is 0 Å². The number of nitrogens with one attached hydrogen (secondary N) is 5. The Morgan fingerprint density at radius 2 is 1.03 bits per heavy atom. The lowest BCUT2D eigenvalue weighted by Crippen LogP contribution is -2.58. The number of carboxylic acids is 1. The molecular weight excluding hydrogens is 1410 g/mol. The Kier molecular flexibility index (Phi) is 24.5. The summed E-state index contributed by atoms with van der Waals surface area (Å²) in [6.07, 6.45) is 5.12. The highest BCUT2D eigenvalue weighted by molar-refractivity contribution is 7.91. The van der Waals surface area contributed by atoms with Crippen LogP contribution in [0.4, 0.5) is 28.0 Å². The highest BCUT2D eigenvalue weighted by Gasteiger charge is 2.63. The van der Waals surface area contributed by atoms with Crippen LogP contribution in [-0.4, -0.2) is 210 Å². The zero-order chi connectivity index (χ0) is 74.7. The van der Waals surface area contributed by atoms with Crippen molar-refractivity contribution in [3.63, 3.8) is 0 Å². The zero-order valence-electron chi connectivity index (χ0n) is 58.2. The summed E-state index contributed by atoms with van der Waals surface area (Å²) in [7, 11) is -7.07.